The van der Waals surface area contributed by atoms with Gasteiger partial charge < -0.3 is 18.9 Å². The van der Waals surface area contributed by atoms with Gasteiger partial charge in [-0.2, -0.15) is 0 Å². The van der Waals surface area contributed by atoms with Crippen molar-refractivity contribution in [1.29, 1.82) is 0 Å². The number of aryl methyl sites for hydroxylation is 1. The van der Waals surface area contributed by atoms with Crippen LogP contribution < -0.4 is 0 Å². The van der Waals surface area contributed by atoms with Crippen LogP contribution >= 0.6 is 0 Å². The normalized spacial score (nSPS) is 25.7. The van der Waals surface area contributed by atoms with Gasteiger partial charge in [0.15, 0.2) is 5.82 Å². The van der Waals surface area contributed by atoms with Crippen molar-refractivity contribution < 1.29 is 14.3 Å². The van der Waals surface area contributed by atoms with Gasteiger partial charge >= 0.3 is 0 Å². The van der Waals surface area contributed by atoms with Crippen molar-refractivity contribution in [3.05, 3.63) is 48.3 Å². The number of piperidine rings is 1. The van der Waals surface area contributed by atoms with Gasteiger partial charge in [0.25, 0.3) is 5.91 Å². The Morgan fingerprint density at radius 3 is 3.15 bits per heavy atom. The van der Waals surface area contributed by atoms with Gasteiger partial charge in [0.2, 0.25) is 0 Å². The van der Waals surface area contributed by atoms with E-state index in [1.54, 1.807) is 23.2 Å². The average molecular weight is 356 g/mol. The van der Waals surface area contributed by atoms with Gasteiger partial charge in [0, 0.05) is 44.8 Å². The zero-order valence-corrected chi connectivity index (χ0v) is 15.0. The summed E-state index contributed by atoms with van der Waals surface area (Å²) in [5, 5.41) is 0. The molecule has 0 bridgehead atoms. The number of hydrogen-bond acceptors (Lipinski definition) is 5. The minimum atomic E-state index is -0.293. The summed E-state index contributed by atoms with van der Waals surface area (Å²) in [5.74, 6) is 0.448. The lowest BCUT2D eigenvalue weighted by Gasteiger charge is -2.39. The van der Waals surface area contributed by atoms with Crippen molar-refractivity contribution >= 4 is 5.91 Å². The fraction of sp³-hybridized carbons (Fsp3) is 0.526. The van der Waals surface area contributed by atoms with Crippen LogP contribution in [0.5, 0.6) is 0 Å². The lowest BCUT2D eigenvalue weighted by molar-refractivity contribution is -0.0469. The van der Waals surface area contributed by atoms with Gasteiger partial charge in [-0.05, 0) is 24.5 Å². The van der Waals surface area contributed by atoms with Crippen LogP contribution in [0.1, 0.15) is 35.4 Å². The van der Waals surface area contributed by atoms with Crippen LogP contribution in [-0.4, -0.2) is 56.7 Å². The number of aromatic nitrogens is 3. The first kappa shape index (κ1) is 17.2. The van der Waals surface area contributed by atoms with Crippen molar-refractivity contribution in [3.63, 3.8) is 0 Å². The standard InChI is InChI=1S/C19H24N4O3/c1-22-9-7-21-17(22)18(24)23-8-3-5-19(14-23)10-16(13-26-19)25-12-15-4-2-6-20-11-15/h2,4,6-7,9,11,16H,3,5,8,10,12-14H2,1H3. The van der Waals surface area contributed by atoms with Gasteiger partial charge in [-0.15, -0.1) is 0 Å². The van der Waals surface area contributed by atoms with E-state index < -0.39 is 0 Å². The number of carbonyl (C=O) groups excluding carboxylic acids is 1. The molecule has 2 unspecified atom stereocenters. The quantitative estimate of drug-likeness (QED) is 0.835. The Labute approximate surface area is 152 Å². The second-order valence-corrected chi connectivity index (χ2v) is 7.18. The van der Waals surface area contributed by atoms with E-state index in [9.17, 15) is 4.79 Å². The third-order valence-electron chi connectivity index (χ3n) is 5.22. The molecule has 1 spiro atoms. The van der Waals surface area contributed by atoms with E-state index in [0.717, 1.165) is 31.4 Å². The Hall–Kier alpha value is -2.25. The summed E-state index contributed by atoms with van der Waals surface area (Å²) in [6.45, 7) is 2.46. The Balaban J connectivity index is 1.36. The number of likely N-dealkylation sites (tertiary alicyclic amines) is 1. The Morgan fingerprint density at radius 1 is 1.46 bits per heavy atom. The third kappa shape index (κ3) is 3.50. The minimum absolute atomic E-state index is 0.0279. The van der Waals surface area contributed by atoms with Crippen LogP contribution in [0.15, 0.2) is 36.9 Å². The molecule has 2 atom stereocenters. The van der Waals surface area contributed by atoms with Crippen molar-refractivity contribution in [2.45, 2.75) is 37.6 Å². The van der Waals surface area contributed by atoms with E-state index in [2.05, 4.69) is 9.97 Å². The van der Waals surface area contributed by atoms with E-state index in [0.29, 0.717) is 25.6 Å². The largest absolute Gasteiger partial charge is 0.371 e. The van der Waals surface area contributed by atoms with Gasteiger partial charge in [0.1, 0.15) is 0 Å². The molecule has 7 nitrogen and oxygen atoms in total. The molecule has 138 valence electrons. The number of ether oxygens (including phenoxy) is 2. The molecule has 0 saturated carbocycles. The van der Waals surface area contributed by atoms with E-state index >= 15 is 0 Å². The Bertz CT molecular complexity index is 763. The number of carbonyl (C=O) groups is 1. The van der Waals surface area contributed by atoms with E-state index in [1.165, 1.54) is 0 Å². The number of hydrogen-bond donors (Lipinski definition) is 0. The molecule has 4 heterocycles. The maximum atomic E-state index is 12.8. The van der Waals surface area contributed by atoms with Gasteiger partial charge in [-0.25, -0.2) is 4.98 Å². The van der Waals surface area contributed by atoms with Crippen LogP contribution in [-0.2, 0) is 23.1 Å². The van der Waals surface area contributed by atoms with Crippen LogP contribution in [0.3, 0.4) is 0 Å². The first-order valence-electron chi connectivity index (χ1n) is 9.06. The number of imidazole rings is 1. The van der Waals surface area contributed by atoms with Crippen molar-refractivity contribution in [3.8, 4) is 0 Å². The summed E-state index contributed by atoms with van der Waals surface area (Å²) in [6.07, 6.45) is 9.79. The summed E-state index contributed by atoms with van der Waals surface area (Å²) in [6, 6.07) is 3.92. The van der Waals surface area contributed by atoms with E-state index in [-0.39, 0.29) is 17.6 Å². The second kappa shape index (κ2) is 7.17. The molecule has 2 fully saturated rings. The second-order valence-electron chi connectivity index (χ2n) is 7.18. The third-order valence-corrected chi connectivity index (χ3v) is 5.22. The highest BCUT2D eigenvalue weighted by Gasteiger charge is 2.45. The smallest absolute Gasteiger partial charge is 0.289 e. The maximum Gasteiger partial charge on any atom is 0.289 e. The molecular weight excluding hydrogens is 332 g/mol. The number of rotatable bonds is 4. The number of nitrogens with zero attached hydrogens (tertiary/aromatic N) is 4. The number of pyridine rings is 1. The fourth-order valence-corrected chi connectivity index (χ4v) is 3.88. The molecule has 4 rings (SSSR count). The summed E-state index contributed by atoms with van der Waals surface area (Å²) in [5.41, 5.74) is 0.766. The molecule has 2 aromatic heterocycles. The first-order valence-corrected chi connectivity index (χ1v) is 9.06. The zero-order valence-electron chi connectivity index (χ0n) is 15.0. The monoisotopic (exact) mass is 356 g/mol. The van der Waals surface area contributed by atoms with E-state index in [4.69, 9.17) is 9.47 Å². The predicted molar refractivity (Wildman–Crippen MR) is 94.5 cm³/mol. The summed E-state index contributed by atoms with van der Waals surface area (Å²) >= 11 is 0. The summed E-state index contributed by atoms with van der Waals surface area (Å²) in [7, 11) is 1.84. The van der Waals surface area contributed by atoms with Crippen LogP contribution in [0.25, 0.3) is 0 Å². The zero-order chi connectivity index (χ0) is 18.0. The van der Waals surface area contributed by atoms with Crippen LogP contribution in [0.4, 0.5) is 0 Å². The highest BCUT2D eigenvalue weighted by atomic mass is 16.6. The lowest BCUT2D eigenvalue weighted by Crippen LogP contribution is -2.50. The molecule has 0 radical (unpaired) electrons. The molecule has 7 heteroatoms. The SMILES string of the molecule is Cn1ccnc1C(=O)N1CCCC2(CC(OCc3cccnc3)CO2)C1. The molecule has 1 amide bonds. The molecule has 2 aliphatic rings. The molecular formula is C19H24N4O3. The van der Waals surface area contributed by atoms with Crippen LogP contribution in [0, 0.1) is 0 Å². The van der Waals surface area contributed by atoms with Gasteiger partial charge in [0.05, 0.1) is 31.5 Å². The predicted octanol–water partition coefficient (Wildman–Crippen LogP) is 1.80. The highest BCUT2D eigenvalue weighted by molar-refractivity contribution is 5.91. The number of amides is 1. The highest BCUT2D eigenvalue weighted by Crippen LogP contribution is 2.36. The molecule has 0 aliphatic carbocycles. The molecule has 2 aliphatic heterocycles. The molecule has 26 heavy (non-hydrogen) atoms. The van der Waals surface area contributed by atoms with Crippen molar-refractivity contribution in [2.75, 3.05) is 19.7 Å². The molecule has 0 N–H and O–H groups in total. The van der Waals surface area contributed by atoms with Crippen molar-refractivity contribution in [2.24, 2.45) is 7.05 Å². The Kier molecular flexibility index (Phi) is 4.74. The van der Waals surface area contributed by atoms with E-state index in [1.807, 2.05) is 30.3 Å². The molecule has 0 aromatic carbocycles. The maximum absolute atomic E-state index is 12.8. The summed E-state index contributed by atoms with van der Waals surface area (Å²) in [4.78, 5) is 22.9. The van der Waals surface area contributed by atoms with Gasteiger partial charge in [-0.3, -0.25) is 9.78 Å². The van der Waals surface area contributed by atoms with Gasteiger partial charge in [-0.1, -0.05) is 6.07 Å². The topological polar surface area (TPSA) is 69.5 Å². The molecule has 2 aromatic rings. The lowest BCUT2D eigenvalue weighted by atomic mass is 9.89. The fourth-order valence-electron chi connectivity index (χ4n) is 3.88. The minimum Gasteiger partial charge on any atom is -0.371 e. The van der Waals surface area contributed by atoms with Crippen molar-refractivity contribution in [1.82, 2.24) is 19.4 Å². The van der Waals surface area contributed by atoms with Crippen LogP contribution in [0.2, 0.25) is 0 Å². The molecule has 2 saturated heterocycles. The average Bonchev–Trinajstić information content (AvgIpc) is 3.27. The summed E-state index contributed by atoms with van der Waals surface area (Å²) < 4.78 is 13.9. The Morgan fingerprint density at radius 2 is 2.38 bits per heavy atom. The first-order chi connectivity index (χ1) is 12.7.